The van der Waals surface area contributed by atoms with E-state index in [4.69, 9.17) is 5.11 Å². The Labute approximate surface area is 87.7 Å². The molecule has 1 unspecified atom stereocenters. The van der Waals surface area contributed by atoms with E-state index >= 15 is 0 Å². The van der Waals surface area contributed by atoms with Crippen LogP contribution in [0.4, 0.5) is 27.6 Å². The number of aliphatic hydroxyl groups is 1. The van der Waals surface area contributed by atoms with Gasteiger partial charge in [-0.1, -0.05) is 6.07 Å². The standard InChI is InChI=1S/C9H8F5NO/c10-5-2-1-3-6(8(5)11)15-4-7(16)9(12,13)14/h1-3,7,15-16H,4H2. The van der Waals surface area contributed by atoms with Crippen molar-refractivity contribution >= 4 is 5.69 Å². The van der Waals surface area contributed by atoms with Crippen LogP contribution in [0.2, 0.25) is 0 Å². The van der Waals surface area contributed by atoms with Crippen molar-refractivity contribution in [2.45, 2.75) is 12.3 Å². The Morgan fingerprint density at radius 2 is 1.88 bits per heavy atom. The first kappa shape index (κ1) is 12.7. The molecule has 16 heavy (non-hydrogen) atoms. The number of benzene rings is 1. The summed E-state index contributed by atoms with van der Waals surface area (Å²) in [5, 5.41) is 10.6. The molecule has 1 aromatic rings. The van der Waals surface area contributed by atoms with Crippen LogP contribution in [0.5, 0.6) is 0 Å². The number of hydrogen-bond donors (Lipinski definition) is 2. The molecule has 0 aromatic heterocycles. The van der Waals surface area contributed by atoms with Crippen LogP contribution in [0.1, 0.15) is 0 Å². The highest BCUT2D eigenvalue weighted by Crippen LogP contribution is 2.21. The Kier molecular flexibility index (Phi) is 3.69. The molecule has 0 radical (unpaired) electrons. The van der Waals surface area contributed by atoms with E-state index in [0.717, 1.165) is 18.2 Å². The molecule has 2 nitrogen and oxygen atoms in total. The smallest absolute Gasteiger partial charge is 0.382 e. The maximum Gasteiger partial charge on any atom is 0.416 e. The lowest BCUT2D eigenvalue weighted by Crippen LogP contribution is -2.35. The number of nitrogens with one attached hydrogen (secondary N) is 1. The number of aliphatic hydroxyl groups excluding tert-OH is 1. The van der Waals surface area contributed by atoms with Crippen LogP contribution in [-0.2, 0) is 0 Å². The zero-order chi connectivity index (χ0) is 12.3. The minimum atomic E-state index is -4.79. The van der Waals surface area contributed by atoms with E-state index in [1.54, 1.807) is 0 Å². The molecule has 7 heteroatoms. The van der Waals surface area contributed by atoms with Crippen LogP contribution >= 0.6 is 0 Å². The minimum Gasteiger partial charge on any atom is -0.382 e. The Bertz CT molecular complexity index is 365. The van der Waals surface area contributed by atoms with Crippen molar-refractivity contribution in [3.8, 4) is 0 Å². The van der Waals surface area contributed by atoms with Gasteiger partial charge in [-0.15, -0.1) is 0 Å². The monoisotopic (exact) mass is 241 g/mol. The van der Waals surface area contributed by atoms with E-state index in [0.29, 0.717) is 0 Å². The third kappa shape index (κ3) is 3.06. The second-order valence-electron chi connectivity index (χ2n) is 3.04. The predicted molar refractivity (Wildman–Crippen MR) is 46.9 cm³/mol. The second-order valence-corrected chi connectivity index (χ2v) is 3.04. The van der Waals surface area contributed by atoms with Crippen LogP contribution in [-0.4, -0.2) is 23.9 Å². The average molecular weight is 241 g/mol. The molecule has 1 atom stereocenters. The second kappa shape index (κ2) is 4.65. The fourth-order valence-corrected chi connectivity index (χ4v) is 0.963. The summed E-state index contributed by atoms with van der Waals surface area (Å²) >= 11 is 0. The van der Waals surface area contributed by atoms with Gasteiger partial charge in [0.05, 0.1) is 5.69 Å². The van der Waals surface area contributed by atoms with Gasteiger partial charge in [0, 0.05) is 6.54 Å². The first-order chi connectivity index (χ1) is 7.32. The van der Waals surface area contributed by atoms with Gasteiger partial charge in [-0.3, -0.25) is 0 Å². The van der Waals surface area contributed by atoms with Crippen LogP contribution in [0.3, 0.4) is 0 Å². The van der Waals surface area contributed by atoms with E-state index in [1.807, 2.05) is 5.32 Å². The van der Waals surface area contributed by atoms with Crippen LogP contribution in [0, 0.1) is 11.6 Å². The summed E-state index contributed by atoms with van der Waals surface area (Å²) in [6.07, 6.45) is -7.42. The summed E-state index contributed by atoms with van der Waals surface area (Å²) in [6, 6.07) is 3.04. The predicted octanol–water partition coefficient (Wildman–Crippen LogP) is 2.30. The molecular formula is C9H8F5NO. The summed E-state index contributed by atoms with van der Waals surface area (Å²) in [5.74, 6) is -2.46. The first-order valence-electron chi connectivity index (χ1n) is 4.25. The zero-order valence-corrected chi connectivity index (χ0v) is 7.85. The molecule has 2 N–H and O–H groups in total. The zero-order valence-electron chi connectivity index (χ0n) is 7.85. The Hall–Kier alpha value is -1.37. The summed E-state index contributed by atoms with van der Waals surface area (Å²) < 4.78 is 61.2. The molecule has 0 spiro atoms. The Morgan fingerprint density at radius 3 is 2.44 bits per heavy atom. The summed E-state index contributed by atoms with van der Waals surface area (Å²) in [5.41, 5.74) is -0.428. The maximum absolute atomic E-state index is 12.9. The Balaban J connectivity index is 2.65. The van der Waals surface area contributed by atoms with Crippen molar-refractivity contribution in [3.63, 3.8) is 0 Å². The van der Waals surface area contributed by atoms with Gasteiger partial charge < -0.3 is 10.4 Å². The van der Waals surface area contributed by atoms with Gasteiger partial charge in [0.15, 0.2) is 17.7 Å². The van der Waals surface area contributed by atoms with Gasteiger partial charge in [0.2, 0.25) is 0 Å². The largest absolute Gasteiger partial charge is 0.416 e. The summed E-state index contributed by atoms with van der Waals surface area (Å²) in [4.78, 5) is 0. The van der Waals surface area contributed by atoms with Gasteiger partial charge in [0.1, 0.15) is 0 Å². The lowest BCUT2D eigenvalue weighted by Gasteiger charge is -2.16. The number of halogens is 5. The highest BCUT2D eigenvalue weighted by molar-refractivity contribution is 5.45. The van der Waals surface area contributed by atoms with Gasteiger partial charge in [-0.25, -0.2) is 8.78 Å². The molecule has 0 saturated heterocycles. The molecular weight excluding hydrogens is 233 g/mol. The SMILES string of the molecule is OC(CNc1cccc(F)c1F)C(F)(F)F. The molecule has 90 valence electrons. The van der Waals surface area contributed by atoms with E-state index in [2.05, 4.69) is 0 Å². The van der Waals surface area contributed by atoms with Crippen molar-refractivity contribution in [2.75, 3.05) is 11.9 Å². The highest BCUT2D eigenvalue weighted by Gasteiger charge is 2.37. The molecule has 0 saturated carbocycles. The van der Waals surface area contributed by atoms with Gasteiger partial charge >= 0.3 is 6.18 Å². The molecule has 1 aromatic carbocycles. The number of alkyl halides is 3. The molecule has 0 bridgehead atoms. The molecule has 0 amide bonds. The average Bonchev–Trinajstić information content (AvgIpc) is 2.18. The molecule has 0 aliphatic rings. The highest BCUT2D eigenvalue weighted by atomic mass is 19.4. The third-order valence-electron chi connectivity index (χ3n) is 1.82. The molecule has 0 aliphatic carbocycles. The molecule has 0 heterocycles. The van der Waals surface area contributed by atoms with Crippen molar-refractivity contribution in [3.05, 3.63) is 29.8 Å². The van der Waals surface area contributed by atoms with Crippen LogP contribution in [0.25, 0.3) is 0 Å². The fourth-order valence-electron chi connectivity index (χ4n) is 0.963. The minimum absolute atomic E-state index is 0.428. The maximum atomic E-state index is 12.9. The molecule has 0 fully saturated rings. The molecule has 0 aliphatic heterocycles. The summed E-state index contributed by atoms with van der Waals surface area (Å²) in [7, 11) is 0. The quantitative estimate of drug-likeness (QED) is 0.796. The summed E-state index contributed by atoms with van der Waals surface area (Å²) in [6.45, 7) is -0.941. The Morgan fingerprint density at radius 1 is 1.25 bits per heavy atom. The molecule has 1 rings (SSSR count). The van der Waals surface area contributed by atoms with Crippen molar-refractivity contribution in [1.82, 2.24) is 0 Å². The van der Waals surface area contributed by atoms with E-state index < -0.39 is 36.1 Å². The third-order valence-corrected chi connectivity index (χ3v) is 1.82. The topological polar surface area (TPSA) is 32.3 Å². The fraction of sp³-hybridized carbons (Fsp3) is 0.333. The van der Waals surface area contributed by atoms with Gasteiger partial charge in [0.25, 0.3) is 0 Å². The first-order valence-corrected chi connectivity index (χ1v) is 4.25. The normalized spacial score (nSPS) is 13.6. The van der Waals surface area contributed by atoms with Crippen molar-refractivity contribution in [1.29, 1.82) is 0 Å². The van der Waals surface area contributed by atoms with Gasteiger partial charge in [-0.2, -0.15) is 13.2 Å². The van der Waals surface area contributed by atoms with E-state index in [9.17, 15) is 22.0 Å². The van der Waals surface area contributed by atoms with Crippen molar-refractivity contribution in [2.24, 2.45) is 0 Å². The van der Waals surface area contributed by atoms with E-state index in [-0.39, 0.29) is 0 Å². The number of rotatable bonds is 3. The lowest BCUT2D eigenvalue weighted by molar-refractivity contribution is -0.198. The van der Waals surface area contributed by atoms with Gasteiger partial charge in [-0.05, 0) is 12.1 Å². The van der Waals surface area contributed by atoms with E-state index in [1.165, 1.54) is 0 Å². The number of anilines is 1. The lowest BCUT2D eigenvalue weighted by atomic mass is 10.2. The number of hydrogen-bond acceptors (Lipinski definition) is 2. The van der Waals surface area contributed by atoms with Crippen molar-refractivity contribution < 1.29 is 27.1 Å². The van der Waals surface area contributed by atoms with Crippen LogP contribution in [0.15, 0.2) is 18.2 Å². The van der Waals surface area contributed by atoms with Crippen LogP contribution < -0.4 is 5.32 Å².